The molecule has 0 amide bonds. The maximum atomic E-state index is 5.37. The smallest absolute Gasteiger partial charge is 0.183 e. The minimum Gasteiger partial charge on any atom is -0.493 e. The Morgan fingerprint density at radius 2 is 2.15 bits per heavy atom. The summed E-state index contributed by atoms with van der Waals surface area (Å²) in [6, 6.07) is 1.96. The van der Waals surface area contributed by atoms with Gasteiger partial charge in [-0.2, -0.15) is 0 Å². The van der Waals surface area contributed by atoms with Crippen LogP contribution in [0.4, 0.5) is 0 Å². The molecule has 5 nitrogen and oxygen atoms in total. The monoisotopic (exact) mass is 293 g/mol. The van der Waals surface area contributed by atoms with Crippen molar-refractivity contribution in [3.63, 3.8) is 0 Å². The summed E-state index contributed by atoms with van der Waals surface area (Å²) in [4.78, 5) is 8.82. The lowest BCUT2D eigenvalue weighted by atomic mass is 10.2. The van der Waals surface area contributed by atoms with Gasteiger partial charge in [0, 0.05) is 29.9 Å². The van der Waals surface area contributed by atoms with Crippen molar-refractivity contribution >= 4 is 11.3 Å². The molecule has 0 aliphatic carbocycles. The van der Waals surface area contributed by atoms with Gasteiger partial charge in [-0.3, -0.25) is 4.98 Å². The largest absolute Gasteiger partial charge is 0.493 e. The Labute approximate surface area is 123 Å². The average Bonchev–Trinajstić information content (AvgIpc) is 2.90. The highest BCUT2D eigenvalue weighted by atomic mass is 32.1. The summed E-state index contributed by atoms with van der Waals surface area (Å²) in [7, 11) is 3.24. The molecule has 20 heavy (non-hydrogen) atoms. The third-order valence-corrected chi connectivity index (χ3v) is 4.09. The number of ether oxygens (including phenoxy) is 2. The molecule has 2 aromatic heterocycles. The molecule has 0 fully saturated rings. The Kier molecular flexibility index (Phi) is 4.92. The van der Waals surface area contributed by atoms with E-state index in [0.717, 1.165) is 16.4 Å². The summed E-state index contributed by atoms with van der Waals surface area (Å²) in [6.45, 7) is 4.68. The van der Waals surface area contributed by atoms with Crippen molar-refractivity contribution in [2.75, 3.05) is 14.2 Å². The van der Waals surface area contributed by atoms with Gasteiger partial charge >= 0.3 is 0 Å². The second-order valence-corrected chi connectivity index (χ2v) is 5.31. The Balaban J connectivity index is 2.07. The van der Waals surface area contributed by atoms with Crippen LogP contribution in [0.15, 0.2) is 17.6 Å². The molecule has 0 saturated carbocycles. The van der Waals surface area contributed by atoms with E-state index in [1.807, 2.05) is 6.92 Å². The molecule has 0 aliphatic rings. The topological polar surface area (TPSA) is 56.3 Å². The van der Waals surface area contributed by atoms with Gasteiger partial charge in [-0.15, -0.1) is 11.3 Å². The number of thiazole rings is 1. The highest BCUT2D eigenvalue weighted by molar-refractivity contribution is 7.09. The summed E-state index contributed by atoms with van der Waals surface area (Å²) < 4.78 is 10.6. The van der Waals surface area contributed by atoms with E-state index in [2.05, 4.69) is 27.6 Å². The van der Waals surface area contributed by atoms with Crippen molar-refractivity contribution in [2.24, 2.45) is 0 Å². The van der Waals surface area contributed by atoms with Crippen LogP contribution >= 0.6 is 11.3 Å². The number of nitrogens with one attached hydrogen (secondary N) is 1. The van der Waals surface area contributed by atoms with E-state index in [0.29, 0.717) is 18.0 Å². The Morgan fingerprint density at radius 1 is 1.35 bits per heavy atom. The second-order valence-electron chi connectivity index (χ2n) is 4.42. The summed E-state index contributed by atoms with van der Waals surface area (Å²) >= 11 is 1.66. The van der Waals surface area contributed by atoms with Crippen LogP contribution in [0.2, 0.25) is 0 Å². The zero-order chi connectivity index (χ0) is 14.5. The van der Waals surface area contributed by atoms with Crippen molar-refractivity contribution in [1.29, 1.82) is 0 Å². The lowest BCUT2D eigenvalue weighted by Crippen LogP contribution is -2.19. The van der Waals surface area contributed by atoms with Crippen molar-refractivity contribution in [3.8, 4) is 11.5 Å². The van der Waals surface area contributed by atoms with E-state index in [9.17, 15) is 0 Å². The minimum atomic E-state index is 0.173. The Bertz CT molecular complexity index is 571. The minimum absolute atomic E-state index is 0.173. The first-order valence-corrected chi connectivity index (χ1v) is 7.25. The molecule has 0 aliphatic heterocycles. The van der Waals surface area contributed by atoms with E-state index in [-0.39, 0.29) is 6.04 Å². The van der Waals surface area contributed by atoms with E-state index in [4.69, 9.17) is 9.47 Å². The van der Waals surface area contributed by atoms with Gasteiger partial charge in [-0.1, -0.05) is 0 Å². The number of aryl methyl sites for hydroxylation is 1. The van der Waals surface area contributed by atoms with Gasteiger partial charge in [0.15, 0.2) is 11.5 Å². The molecule has 0 spiro atoms. The molecule has 1 unspecified atom stereocenters. The maximum absolute atomic E-state index is 5.37. The fourth-order valence-electron chi connectivity index (χ4n) is 1.88. The van der Waals surface area contributed by atoms with Gasteiger partial charge < -0.3 is 14.8 Å². The summed E-state index contributed by atoms with van der Waals surface area (Å²) in [5.41, 5.74) is 1.88. The molecule has 6 heteroatoms. The average molecular weight is 293 g/mol. The first-order chi connectivity index (χ1) is 9.65. The number of rotatable bonds is 6. The van der Waals surface area contributed by atoms with Crippen LogP contribution in [0.25, 0.3) is 0 Å². The normalized spacial score (nSPS) is 12.2. The molecule has 0 aromatic carbocycles. The predicted molar refractivity (Wildman–Crippen MR) is 79.4 cm³/mol. The lowest BCUT2D eigenvalue weighted by Gasteiger charge is -2.14. The summed E-state index contributed by atoms with van der Waals surface area (Å²) in [5, 5.41) is 6.53. The van der Waals surface area contributed by atoms with Gasteiger partial charge in [0.25, 0.3) is 0 Å². The van der Waals surface area contributed by atoms with Crippen LogP contribution in [0.1, 0.15) is 29.4 Å². The number of hydrogen-bond donors (Lipinski definition) is 1. The number of nitrogens with zero attached hydrogens (tertiary/aromatic N) is 2. The highest BCUT2D eigenvalue weighted by Gasteiger charge is 2.14. The van der Waals surface area contributed by atoms with Crippen molar-refractivity contribution < 1.29 is 9.47 Å². The van der Waals surface area contributed by atoms with Crippen LogP contribution in [-0.2, 0) is 6.54 Å². The predicted octanol–water partition coefficient (Wildman–Crippen LogP) is 2.71. The van der Waals surface area contributed by atoms with Crippen LogP contribution in [0.5, 0.6) is 11.5 Å². The molecule has 1 N–H and O–H groups in total. The van der Waals surface area contributed by atoms with E-state index < -0.39 is 0 Å². The standard InChI is InChI=1S/C14H19N3O2S/c1-9-8-20-14(17-9)10(2)16-7-11-13(19-4)12(18-3)5-6-15-11/h5-6,8,10,16H,7H2,1-4H3. The molecule has 0 saturated heterocycles. The molecule has 0 radical (unpaired) electrons. The van der Waals surface area contributed by atoms with Crippen LogP contribution in [0.3, 0.4) is 0 Å². The van der Waals surface area contributed by atoms with Crippen LogP contribution in [-0.4, -0.2) is 24.2 Å². The van der Waals surface area contributed by atoms with Gasteiger partial charge in [-0.05, 0) is 13.8 Å². The molecule has 108 valence electrons. The zero-order valence-corrected chi connectivity index (χ0v) is 13.0. The number of methoxy groups -OCH3 is 2. The van der Waals surface area contributed by atoms with Crippen molar-refractivity contribution in [2.45, 2.75) is 26.4 Å². The van der Waals surface area contributed by atoms with Gasteiger partial charge in [-0.25, -0.2) is 4.98 Å². The number of pyridine rings is 1. The van der Waals surface area contributed by atoms with E-state index >= 15 is 0 Å². The van der Waals surface area contributed by atoms with Gasteiger partial charge in [0.2, 0.25) is 0 Å². The number of hydrogen-bond acceptors (Lipinski definition) is 6. The quantitative estimate of drug-likeness (QED) is 0.887. The Hall–Kier alpha value is -1.66. The fourth-order valence-corrected chi connectivity index (χ4v) is 2.71. The SMILES string of the molecule is COc1ccnc(CNC(C)c2nc(C)cs2)c1OC. The Morgan fingerprint density at radius 3 is 2.75 bits per heavy atom. The third kappa shape index (κ3) is 3.26. The molecule has 0 bridgehead atoms. The van der Waals surface area contributed by atoms with Crippen LogP contribution < -0.4 is 14.8 Å². The summed E-state index contributed by atoms with van der Waals surface area (Å²) in [6.07, 6.45) is 1.72. The molecule has 1 atom stereocenters. The lowest BCUT2D eigenvalue weighted by molar-refractivity contribution is 0.347. The van der Waals surface area contributed by atoms with Crippen molar-refractivity contribution in [1.82, 2.24) is 15.3 Å². The zero-order valence-electron chi connectivity index (χ0n) is 12.1. The molecule has 2 aromatic rings. The summed E-state index contributed by atoms with van der Waals surface area (Å²) in [5.74, 6) is 1.36. The molecular weight excluding hydrogens is 274 g/mol. The van der Waals surface area contributed by atoms with E-state index in [1.54, 1.807) is 37.8 Å². The third-order valence-electron chi connectivity index (χ3n) is 2.95. The molecular formula is C14H19N3O2S. The highest BCUT2D eigenvalue weighted by Crippen LogP contribution is 2.29. The maximum Gasteiger partial charge on any atom is 0.183 e. The number of aromatic nitrogens is 2. The second kappa shape index (κ2) is 6.67. The molecule has 2 rings (SSSR count). The van der Waals surface area contributed by atoms with E-state index in [1.165, 1.54) is 0 Å². The van der Waals surface area contributed by atoms with Gasteiger partial charge in [0.1, 0.15) is 5.01 Å². The van der Waals surface area contributed by atoms with Crippen LogP contribution in [0, 0.1) is 6.92 Å². The first-order valence-electron chi connectivity index (χ1n) is 6.37. The van der Waals surface area contributed by atoms with Crippen molar-refractivity contribution in [3.05, 3.63) is 34.0 Å². The van der Waals surface area contributed by atoms with Gasteiger partial charge in [0.05, 0.1) is 26.0 Å². The first kappa shape index (κ1) is 14.7. The fraction of sp³-hybridized carbons (Fsp3) is 0.429. The molecule has 2 heterocycles.